The maximum atomic E-state index is 9.20. The summed E-state index contributed by atoms with van der Waals surface area (Å²) in [6.07, 6.45) is 0. The van der Waals surface area contributed by atoms with Crippen LogP contribution in [0.2, 0.25) is 0 Å². The van der Waals surface area contributed by atoms with Crippen molar-refractivity contribution in [3.8, 4) is 6.07 Å². The zero-order valence-electron chi connectivity index (χ0n) is 13.6. The molecule has 0 saturated heterocycles. The molecule has 0 bridgehead atoms. The highest BCUT2D eigenvalue weighted by atomic mass is 32.1. The molecule has 0 amide bonds. The van der Waals surface area contributed by atoms with Crippen LogP contribution in [0, 0.1) is 11.3 Å². The summed E-state index contributed by atoms with van der Waals surface area (Å²) in [6.45, 7) is 0. The highest BCUT2D eigenvalue weighted by Crippen LogP contribution is 2.37. The Balaban J connectivity index is 1.78. The van der Waals surface area contributed by atoms with E-state index in [2.05, 4.69) is 66.0 Å². The molecule has 2 aromatic heterocycles. The van der Waals surface area contributed by atoms with E-state index in [1.54, 1.807) is 22.7 Å². The second-order valence-electron chi connectivity index (χ2n) is 6.59. The first kappa shape index (κ1) is 14.3. The van der Waals surface area contributed by atoms with E-state index in [0.29, 0.717) is 0 Å². The Kier molecular flexibility index (Phi) is 2.77. The predicted octanol–water partition coefficient (Wildman–Crippen LogP) is 7.45. The maximum Gasteiger partial charge on any atom is 0.110 e. The molecule has 0 saturated carbocycles. The van der Waals surface area contributed by atoms with Crippen LogP contribution in [0.25, 0.3) is 52.5 Å². The van der Waals surface area contributed by atoms with Crippen LogP contribution in [0.1, 0.15) is 4.88 Å². The van der Waals surface area contributed by atoms with Crippen molar-refractivity contribution in [2.24, 2.45) is 0 Å². The molecular weight excluding hydrogens is 354 g/mol. The Labute approximate surface area is 157 Å². The lowest BCUT2D eigenvalue weighted by molar-refractivity contribution is 1.52. The first-order valence-corrected chi connectivity index (χ1v) is 10.1. The SMILES string of the molecule is N#Cc1cc2cc3ccc4c5cc6sccc6cc5ccc4c3cc2s1. The molecule has 0 aliphatic rings. The van der Waals surface area contributed by atoms with Gasteiger partial charge >= 0.3 is 0 Å². The highest BCUT2D eigenvalue weighted by molar-refractivity contribution is 7.19. The second kappa shape index (κ2) is 5.04. The molecule has 0 fully saturated rings. The van der Waals surface area contributed by atoms with Crippen LogP contribution in [0.3, 0.4) is 0 Å². The van der Waals surface area contributed by atoms with Crippen LogP contribution >= 0.6 is 22.7 Å². The molecule has 0 N–H and O–H groups in total. The smallest absolute Gasteiger partial charge is 0.110 e. The van der Waals surface area contributed by atoms with Gasteiger partial charge < -0.3 is 0 Å². The van der Waals surface area contributed by atoms with E-state index in [0.717, 1.165) is 10.3 Å². The summed E-state index contributed by atoms with van der Waals surface area (Å²) in [6, 6.07) is 24.4. The number of benzene rings is 4. The Morgan fingerprint density at radius 2 is 1.31 bits per heavy atom. The first-order valence-electron chi connectivity index (χ1n) is 8.40. The van der Waals surface area contributed by atoms with Gasteiger partial charge in [-0.3, -0.25) is 0 Å². The molecule has 3 heteroatoms. The van der Waals surface area contributed by atoms with E-state index >= 15 is 0 Å². The molecule has 26 heavy (non-hydrogen) atoms. The number of fused-ring (bicyclic) bond motifs is 7. The van der Waals surface area contributed by atoms with Gasteiger partial charge in [0.2, 0.25) is 0 Å². The van der Waals surface area contributed by atoms with Gasteiger partial charge in [0.25, 0.3) is 0 Å². The van der Waals surface area contributed by atoms with Gasteiger partial charge in [-0.25, -0.2) is 0 Å². The number of thiophene rings is 2. The number of rotatable bonds is 0. The number of hydrogen-bond acceptors (Lipinski definition) is 3. The number of hydrogen-bond donors (Lipinski definition) is 0. The summed E-state index contributed by atoms with van der Waals surface area (Å²) in [5, 5.41) is 21.5. The normalized spacial score (nSPS) is 11.8. The molecule has 0 atom stereocenters. The van der Waals surface area contributed by atoms with Crippen LogP contribution < -0.4 is 0 Å². The van der Waals surface area contributed by atoms with E-state index < -0.39 is 0 Å². The summed E-state index contributed by atoms with van der Waals surface area (Å²) in [7, 11) is 0. The van der Waals surface area contributed by atoms with E-state index in [1.165, 1.54) is 47.1 Å². The topological polar surface area (TPSA) is 23.8 Å². The zero-order valence-corrected chi connectivity index (χ0v) is 15.2. The van der Waals surface area contributed by atoms with Crippen LogP contribution in [0.15, 0.2) is 66.0 Å². The van der Waals surface area contributed by atoms with Gasteiger partial charge in [0, 0.05) is 9.40 Å². The molecule has 6 rings (SSSR count). The van der Waals surface area contributed by atoms with Gasteiger partial charge in [-0.05, 0) is 84.9 Å². The molecule has 4 aromatic carbocycles. The van der Waals surface area contributed by atoms with Crippen molar-refractivity contribution in [3.05, 3.63) is 70.9 Å². The molecule has 0 aliphatic carbocycles. The third-order valence-corrected chi connectivity index (χ3v) is 7.04. The monoisotopic (exact) mass is 365 g/mol. The molecule has 1 nitrogen and oxygen atoms in total. The lowest BCUT2D eigenvalue weighted by atomic mass is 9.96. The van der Waals surface area contributed by atoms with Gasteiger partial charge in [-0.1, -0.05) is 24.3 Å². The average molecular weight is 365 g/mol. The minimum Gasteiger partial charge on any atom is -0.192 e. The van der Waals surface area contributed by atoms with E-state index in [-0.39, 0.29) is 0 Å². The Hall–Kier alpha value is -2.93. The van der Waals surface area contributed by atoms with Gasteiger partial charge in [0.15, 0.2) is 0 Å². The van der Waals surface area contributed by atoms with Gasteiger partial charge in [0.1, 0.15) is 10.9 Å². The van der Waals surface area contributed by atoms with Crippen molar-refractivity contribution in [3.63, 3.8) is 0 Å². The molecule has 0 aliphatic heterocycles. The minimum absolute atomic E-state index is 0.769. The largest absolute Gasteiger partial charge is 0.192 e. The van der Waals surface area contributed by atoms with Crippen LogP contribution in [0.4, 0.5) is 0 Å². The van der Waals surface area contributed by atoms with Crippen molar-refractivity contribution >= 4 is 75.2 Å². The van der Waals surface area contributed by atoms with Crippen LogP contribution in [-0.2, 0) is 0 Å². The van der Waals surface area contributed by atoms with Crippen LogP contribution in [-0.4, -0.2) is 0 Å². The predicted molar refractivity (Wildman–Crippen MR) is 114 cm³/mol. The molecule has 0 spiro atoms. The number of nitrogens with zero attached hydrogens (tertiary/aromatic N) is 1. The van der Waals surface area contributed by atoms with E-state index in [1.807, 2.05) is 6.07 Å². The van der Waals surface area contributed by atoms with Crippen molar-refractivity contribution in [1.82, 2.24) is 0 Å². The van der Waals surface area contributed by atoms with Crippen molar-refractivity contribution < 1.29 is 0 Å². The highest BCUT2D eigenvalue weighted by Gasteiger charge is 2.09. The van der Waals surface area contributed by atoms with Crippen molar-refractivity contribution in [2.75, 3.05) is 0 Å². The zero-order chi connectivity index (χ0) is 17.3. The van der Waals surface area contributed by atoms with Gasteiger partial charge in [-0.15, -0.1) is 22.7 Å². The van der Waals surface area contributed by atoms with Gasteiger partial charge in [0.05, 0.1) is 0 Å². The fourth-order valence-corrected chi connectivity index (χ4v) is 5.62. The third kappa shape index (κ3) is 1.89. The molecule has 2 heterocycles. The molecule has 0 unspecified atom stereocenters. The average Bonchev–Trinajstić information content (AvgIpc) is 3.29. The third-order valence-electron chi connectivity index (χ3n) is 5.15. The summed E-state index contributed by atoms with van der Waals surface area (Å²) < 4.78 is 2.51. The Morgan fingerprint density at radius 3 is 2.04 bits per heavy atom. The minimum atomic E-state index is 0.769. The second-order valence-corrected chi connectivity index (χ2v) is 8.62. The fourth-order valence-electron chi connectivity index (χ4n) is 3.92. The molecule has 120 valence electrons. The maximum absolute atomic E-state index is 9.20. The van der Waals surface area contributed by atoms with Crippen LogP contribution in [0.5, 0.6) is 0 Å². The summed E-state index contributed by atoms with van der Waals surface area (Å²) >= 11 is 3.36. The Morgan fingerprint density at radius 1 is 0.615 bits per heavy atom. The van der Waals surface area contributed by atoms with Crippen molar-refractivity contribution in [2.45, 2.75) is 0 Å². The first-order chi connectivity index (χ1) is 12.8. The fraction of sp³-hybridized carbons (Fsp3) is 0. The standard InChI is InChI=1S/C23H11NS2/c24-12-17-9-16-8-14-2-4-18-19(21(14)11-23(16)26-17)3-1-13-7-15-5-6-25-22(15)10-20(13)18/h1-11H. The summed E-state index contributed by atoms with van der Waals surface area (Å²) in [5.74, 6) is 0. The lowest BCUT2D eigenvalue weighted by Gasteiger charge is -2.08. The quantitative estimate of drug-likeness (QED) is 0.256. The van der Waals surface area contributed by atoms with Gasteiger partial charge in [-0.2, -0.15) is 5.26 Å². The lowest BCUT2D eigenvalue weighted by Crippen LogP contribution is -1.81. The molecule has 0 radical (unpaired) electrons. The summed E-state index contributed by atoms with van der Waals surface area (Å²) in [5.41, 5.74) is 0. The summed E-state index contributed by atoms with van der Waals surface area (Å²) in [4.78, 5) is 0.769. The molecule has 6 aromatic rings. The number of nitriles is 1. The van der Waals surface area contributed by atoms with E-state index in [4.69, 9.17) is 0 Å². The Bertz CT molecular complexity index is 1540. The van der Waals surface area contributed by atoms with E-state index in [9.17, 15) is 5.26 Å². The molecular formula is C23H11NS2. The van der Waals surface area contributed by atoms with Crippen molar-refractivity contribution in [1.29, 1.82) is 5.26 Å².